The fraction of sp³-hybridized carbons (Fsp3) is 0.235. The van der Waals surface area contributed by atoms with Crippen LogP contribution in [0.4, 0.5) is 24.7 Å². The van der Waals surface area contributed by atoms with E-state index in [0.717, 1.165) is 6.07 Å². The van der Waals surface area contributed by atoms with Gasteiger partial charge in [0, 0.05) is 36.7 Å². The van der Waals surface area contributed by atoms with Crippen molar-refractivity contribution in [3.05, 3.63) is 59.0 Å². The van der Waals surface area contributed by atoms with E-state index in [4.69, 9.17) is 11.6 Å². The van der Waals surface area contributed by atoms with Gasteiger partial charge >= 0.3 is 6.18 Å². The lowest BCUT2D eigenvalue weighted by Crippen LogP contribution is -2.33. The molecule has 0 saturated carbocycles. The predicted octanol–water partition coefficient (Wildman–Crippen LogP) is 3.92. The van der Waals surface area contributed by atoms with E-state index in [1.165, 1.54) is 29.4 Å². The van der Waals surface area contributed by atoms with E-state index in [1.54, 1.807) is 12.1 Å². The number of alkyl halides is 3. The van der Waals surface area contributed by atoms with Crippen molar-refractivity contribution >= 4 is 29.0 Å². The Kier molecular flexibility index (Phi) is 5.13. The fourth-order valence-corrected chi connectivity index (χ4v) is 2.80. The maximum absolute atomic E-state index is 13.1. The van der Waals surface area contributed by atoms with E-state index < -0.39 is 11.7 Å². The molecular formula is C17H14ClF3N4O. The summed E-state index contributed by atoms with van der Waals surface area (Å²) in [5, 5.41) is 2.95. The van der Waals surface area contributed by atoms with Gasteiger partial charge in [-0.3, -0.25) is 4.79 Å². The Morgan fingerprint density at radius 1 is 1.23 bits per heavy atom. The Labute approximate surface area is 152 Å². The largest absolute Gasteiger partial charge is 0.419 e. The minimum atomic E-state index is -4.48. The Bertz CT molecular complexity index is 854. The molecule has 1 amide bonds. The molecule has 9 heteroatoms. The van der Waals surface area contributed by atoms with Crippen LogP contribution in [0.3, 0.4) is 0 Å². The third kappa shape index (κ3) is 4.13. The van der Waals surface area contributed by atoms with Gasteiger partial charge in [-0.05, 0) is 30.7 Å². The number of carbonyl (C=O) groups excluding carboxylic acids is 1. The van der Waals surface area contributed by atoms with Crippen molar-refractivity contribution in [1.82, 2.24) is 9.97 Å². The summed E-state index contributed by atoms with van der Waals surface area (Å²) in [6.07, 6.45) is 0.221. The van der Waals surface area contributed by atoms with Crippen LogP contribution in [0.25, 0.3) is 0 Å². The molecule has 3 heterocycles. The average Bonchev–Trinajstić information content (AvgIpc) is 2.61. The lowest BCUT2D eigenvalue weighted by atomic mass is 10.1. The minimum Gasteiger partial charge on any atom is -0.352 e. The summed E-state index contributed by atoms with van der Waals surface area (Å²) >= 11 is 5.77. The quantitative estimate of drug-likeness (QED) is 0.817. The Balaban J connectivity index is 1.72. The van der Waals surface area contributed by atoms with E-state index in [0.29, 0.717) is 17.7 Å². The van der Waals surface area contributed by atoms with Crippen molar-refractivity contribution in [2.75, 3.05) is 23.3 Å². The van der Waals surface area contributed by atoms with Crippen LogP contribution in [0.2, 0.25) is 5.15 Å². The number of rotatable bonds is 3. The topological polar surface area (TPSA) is 58.1 Å². The number of carbonyl (C=O) groups is 1. The highest BCUT2D eigenvalue weighted by Gasteiger charge is 2.36. The average molecular weight is 383 g/mol. The first kappa shape index (κ1) is 18.2. The highest BCUT2D eigenvalue weighted by atomic mass is 35.5. The zero-order chi connectivity index (χ0) is 18.7. The highest BCUT2D eigenvalue weighted by Crippen LogP contribution is 2.35. The van der Waals surface area contributed by atoms with Gasteiger partial charge in [-0.25, -0.2) is 9.97 Å². The Morgan fingerprint density at radius 2 is 2.04 bits per heavy atom. The molecular weight excluding hydrogens is 369 g/mol. The second-order valence-corrected chi connectivity index (χ2v) is 6.01. The summed E-state index contributed by atoms with van der Waals surface area (Å²) in [6.45, 7) is 0.427. The van der Waals surface area contributed by atoms with Gasteiger partial charge < -0.3 is 10.2 Å². The number of amides is 1. The number of hydrogen-bond donors (Lipinski definition) is 1. The van der Waals surface area contributed by atoms with E-state index in [1.807, 2.05) is 0 Å². The molecule has 0 spiro atoms. The summed E-state index contributed by atoms with van der Waals surface area (Å²) in [6, 6.07) is 5.37. The van der Waals surface area contributed by atoms with Crippen molar-refractivity contribution < 1.29 is 18.0 Å². The van der Waals surface area contributed by atoms with Crippen LogP contribution in [-0.2, 0) is 11.0 Å². The zero-order valence-electron chi connectivity index (χ0n) is 13.4. The first-order valence-corrected chi connectivity index (χ1v) is 8.11. The van der Waals surface area contributed by atoms with E-state index >= 15 is 0 Å². The summed E-state index contributed by atoms with van der Waals surface area (Å²) in [7, 11) is 0. The molecule has 2 aromatic heterocycles. The first-order chi connectivity index (χ1) is 12.3. The standard InChI is InChI=1S/C17H14ClF3N4O/c18-14-10-12(3-7-22-14)24-16(26)11-4-8-25(9-5-11)15-13(17(19,20)21)2-1-6-23-15/h1-4,6-7,10H,5,8-9H2,(H,22,24,26). The Morgan fingerprint density at radius 3 is 2.69 bits per heavy atom. The van der Waals surface area contributed by atoms with Crippen LogP contribution >= 0.6 is 11.6 Å². The van der Waals surface area contributed by atoms with Crippen molar-refractivity contribution in [2.24, 2.45) is 0 Å². The molecule has 136 valence electrons. The minimum absolute atomic E-state index is 0.128. The molecule has 5 nitrogen and oxygen atoms in total. The van der Waals surface area contributed by atoms with Crippen molar-refractivity contribution in [3.8, 4) is 0 Å². The van der Waals surface area contributed by atoms with Gasteiger partial charge in [-0.2, -0.15) is 13.2 Å². The monoisotopic (exact) mass is 382 g/mol. The normalized spacial score (nSPS) is 14.8. The van der Waals surface area contributed by atoms with Gasteiger partial charge in [0.15, 0.2) is 0 Å². The number of anilines is 2. The molecule has 0 unspecified atom stereocenters. The predicted molar refractivity (Wildman–Crippen MR) is 92.0 cm³/mol. The molecule has 3 rings (SSSR count). The van der Waals surface area contributed by atoms with Crippen molar-refractivity contribution in [3.63, 3.8) is 0 Å². The third-order valence-electron chi connectivity index (χ3n) is 3.88. The van der Waals surface area contributed by atoms with Gasteiger partial charge in [-0.15, -0.1) is 0 Å². The van der Waals surface area contributed by atoms with Crippen molar-refractivity contribution in [1.29, 1.82) is 0 Å². The number of aromatic nitrogens is 2. The van der Waals surface area contributed by atoms with Gasteiger partial charge in [-0.1, -0.05) is 17.7 Å². The van der Waals surface area contributed by atoms with Gasteiger partial charge in [0.25, 0.3) is 5.91 Å². The maximum Gasteiger partial charge on any atom is 0.419 e. The second kappa shape index (κ2) is 7.33. The van der Waals surface area contributed by atoms with Crippen LogP contribution in [0, 0.1) is 0 Å². The molecule has 1 N–H and O–H groups in total. The van der Waals surface area contributed by atoms with E-state index in [-0.39, 0.29) is 30.0 Å². The molecule has 26 heavy (non-hydrogen) atoms. The second-order valence-electron chi connectivity index (χ2n) is 5.62. The smallest absolute Gasteiger partial charge is 0.352 e. The van der Waals surface area contributed by atoms with E-state index in [9.17, 15) is 18.0 Å². The summed E-state index contributed by atoms with van der Waals surface area (Å²) in [5.41, 5.74) is 0.216. The maximum atomic E-state index is 13.1. The number of pyridine rings is 2. The lowest BCUT2D eigenvalue weighted by Gasteiger charge is -2.29. The first-order valence-electron chi connectivity index (χ1n) is 7.73. The number of halogens is 4. The molecule has 0 atom stereocenters. The molecule has 0 radical (unpaired) electrons. The van der Waals surface area contributed by atoms with Gasteiger partial charge in [0.1, 0.15) is 11.0 Å². The molecule has 0 aromatic carbocycles. The van der Waals surface area contributed by atoms with Crippen LogP contribution in [0.5, 0.6) is 0 Å². The van der Waals surface area contributed by atoms with Crippen LogP contribution in [-0.4, -0.2) is 29.0 Å². The number of nitrogens with zero attached hydrogens (tertiary/aromatic N) is 3. The highest BCUT2D eigenvalue weighted by molar-refractivity contribution is 6.29. The molecule has 0 aliphatic carbocycles. The summed E-state index contributed by atoms with van der Waals surface area (Å²) in [4.78, 5) is 21.5. The molecule has 2 aromatic rings. The van der Waals surface area contributed by atoms with Gasteiger partial charge in [0.05, 0.1) is 5.56 Å². The zero-order valence-corrected chi connectivity index (χ0v) is 14.2. The van der Waals surface area contributed by atoms with Crippen molar-refractivity contribution in [2.45, 2.75) is 12.6 Å². The van der Waals surface area contributed by atoms with Gasteiger partial charge in [0.2, 0.25) is 0 Å². The molecule has 1 aliphatic rings. The number of nitrogens with one attached hydrogen (secondary N) is 1. The third-order valence-corrected chi connectivity index (χ3v) is 4.08. The molecule has 0 saturated heterocycles. The van der Waals surface area contributed by atoms with Crippen LogP contribution < -0.4 is 10.2 Å². The molecule has 1 aliphatic heterocycles. The van der Waals surface area contributed by atoms with Crippen LogP contribution in [0.1, 0.15) is 12.0 Å². The number of hydrogen-bond acceptors (Lipinski definition) is 4. The summed E-state index contributed by atoms with van der Waals surface area (Å²) < 4.78 is 39.4. The Hall–Kier alpha value is -2.61. The lowest BCUT2D eigenvalue weighted by molar-refractivity contribution is -0.137. The molecule has 0 bridgehead atoms. The van der Waals surface area contributed by atoms with Crippen LogP contribution in [0.15, 0.2) is 48.3 Å². The molecule has 0 fully saturated rings. The SMILES string of the molecule is O=C(Nc1ccnc(Cl)c1)C1=CCN(c2ncccc2C(F)(F)F)CC1. The fourth-order valence-electron chi connectivity index (χ4n) is 2.63. The van der Waals surface area contributed by atoms with E-state index in [2.05, 4.69) is 15.3 Å². The summed E-state index contributed by atoms with van der Waals surface area (Å²) in [5.74, 6) is -0.444.